The average Bonchev–Trinajstić information content (AvgIpc) is 2.97. The molecule has 0 aliphatic heterocycles. The van der Waals surface area contributed by atoms with E-state index in [9.17, 15) is 4.79 Å². The van der Waals surface area contributed by atoms with Crippen LogP contribution in [0.3, 0.4) is 0 Å². The van der Waals surface area contributed by atoms with E-state index in [0.717, 1.165) is 15.4 Å². The van der Waals surface area contributed by atoms with Crippen LogP contribution in [-0.2, 0) is 6.54 Å². The zero-order valence-electron chi connectivity index (χ0n) is 9.84. The van der Waals surface area contributed by atoms with Gasteiger partial charge in [0.05, 0.1) is 12.8 Å². The molecule has 96 valence electrons. The fraction of sp³-hybridized carbons (Fsp3) is 0.0714. The highest BCUT2D eigenvalue weighted by Crippen LogP contribution is 2.22. The van der Waals surface area contributed by atoms with Crippen molar-refractivity contribution in [1.82, 2.24) is 4.57 Å². The first-order valence-corrected chi connectivity index (χ1v) is 6.48. The Morgan fingerprint density at radius 1 is 1.32 bits per heavy atom. The summed E-state index contributed by atoms with van der Waals surface area (Å²) in [4.78, 5) is 11.1. The van der Waals surface area contributed by atoms with Crippen LogP contribution in [0, 0.1) is 0 Å². The lowest BCUT2D eigenvalue weighted by Gasteiger charge is -2.04. The van der Waals surface area contributed by atoms with Crippen molar-refractivity contribution in [2.45, 2.75) is 6.54 Å². The molecule has 0 bridgehead atoms. The van der Waals surface area contributed by atoms with Gasteiger partial charge in [-0.1, -0.05) is 22.0 Å². The average molecular weight is 320 g/mol. The first kappa shape index (κ1) is 12.0. The van der Waals surface area contributed by atoms with Gasteiger partial charge >= 0.3 is 5.97 Å². The van der Waals surface area contributed by atoms with E-state index in [4.69, 9.17) is 9.52 Å². The number of carboxylic acid groups (broad SMARTS) is 1. The van der Waals surface area contributed by atoms with E-state index in [1.165, 1.54) is 12.3 Å². The summed E-state index contributed by atoms with van der Waals surface area (Å²) < 4.78 is 8.21. The van der Waals surface area contributed by atoms with Gasteiger partial charge in [-0.2, -0.15) is 0 Å². The van der Waals surface area contributed by atoms with Gasteiger partial charge in [0.1, 0.15) is 11.3 Å². The van der Waals surface area contributed by atoms with Gasteiger partial charge in [0.2, 0.25) is 0 Å². The Bertz CT molecular complexity index is 757. The number of rotatable bonds is 3. The Kier molecular flexibility index (Phi) is 2.91. The SMILES string of the molecule is O=C(O)c1ccoc1Cn1ccc2ccc(Br)cc21. The van der Waals surface area contributed by atoms with E-state index in [0.29, 0.717) is 12.3 Å². The molecule has 0 aliphatic rings. The van der Waals surface area contributed by atoms with Crippen LogP contribution in [0.1, 0.15) is 16.1 Å². The molecule has 4 nitrogen and oxygen atoms in total. The van der Waals surface area contributed by atoms with E-state index in [1.54, 1.807) is 0 Å². The third kappa shape index (κ3) is 2.17. The topological polar surface area (TPSA) is 55.4 Å². The van der Waals surface area contributed by atoms with Gasteiger partial charge in [-0.15, -0.1) is 0 Å². The Balaban J connectivity index is 2.03. The van der Waals surface area contributed by atoms with Crippen molar-refractivity contribution in [2.75, 3.05) is 0 Å². The van der Waals surface area contributed by atoms with Gasteiger partial charge in [0, 0.05) is 16.2 Å². The number of hydrogen-bond acceptors (Lipinski definition) is 2. The second-order valence-corrected chi connectivity index (χ2v) is 5.13. The number of furan rings is 1. The van der Waals surface area contributed by atoms with Crippen molar-refractivity contribution < 1.29 is 14.3 Å². The quantitative estimate of drug-likeness (QED) is 0.800. The van der Waals surface area contributed by atoms with Crippen LogP contribution in [0.25, 0.3) is 10.9 Å². The van der Waals surface area contributed by atoms with Gasteiger partial charge < -0.3 is 14.1 Å². The Labute approximate surface area is 117 Å². The van der Waals surface area contributed by atoms with E-state index < -0.39 is 5.97 Å². The largest absolute Gasteiger partial charge is 0.478 e. The molecule has 19 heavy (non-hydrogen) atoms. The highest BCUT2D eigenvalue weighted by molar-refractivity contribution is 9.10. The molecule has 1 aromatic carbocycles. The fourth-order valence-corrected chi connectivity index (χ4v) is 2.45. The Morgan fingerprint density at radius 2 is 2.16 bits per heavy atom. The second-order valence-electron chi connectivity index (χ2n) is 4.21. The zero-order chi connectivity index (χ0) is 13.4. The molecule has 2 heterocycles. The van der Waals surface area contributed by atoms with E-state index in [2.05, 4.69) is 15.9 Å². The van der Waals surface area contributed by atoms with Crippen molar-refractivity contribution in [3.05, 3.63) is 58.6 Å². The number of carboxylic acids is 1. The summed E-state index contributed by atoms with van der Waals surface area (Å²) in [5.74, 6) is -0.522. The maximum absolute atomic E-state index is 11.1. The van der Waals surface area contributed by atoms with E-state index in [1.807, 2.05) is 35.0 Å². The third-order valence-electron chi connectivity index (χ3n) is 3.03. The van der Waals surface area contributed by atoms with Crippen LogP contribution in [0.2, 0.25) is 0 Å². The van der Waals surface area contributed by atoms with Crippen molar-refractivity contribution >= 4 is 32.8 Å². The van der Waals surface area contributed by atoms with Crippen LogP contribution in [0.5, 0.6) is 0 Å². The normalized spacial score (nSPS) is 11.0. The van der Waals surface area contributed by atoms with Crippen LogP contribution >= 0.6 is 15.9 Å². The number of nitrogens with zero attached hydrogens (tertiary/aromatic N) is 1. The summed E-state index contributed by atoms with van der Waals surface area (Å²) in [6, 6.07) is 9.45. The summed E-state index contributed by atoms with van der Waals surface area (Å²) in [5.41, 5.74) is 1.24. The molecule has 0 fully saturated rings. The molecule has 3 rings (SSSR count). The Morgan fingerprint density at radius 3 is 2.95 bits per heavy atom. The number of carbonyl (C=O) groups is 1. The minimum atomic E-state index is -0.971. The minimum Gasteiger partial charge on any atom is -0.478 e. The number of fused-ring (bicyclic) bond motifs is 1. The second kappa shape index (κ2) is 4.59. The zero-order valence-corrected chi connectivity index (χ0v) is 11.4. The molecule has 2 aromatic heterocycles. The lowest BCUT2D eigenvalue weighted by atomic mass is 10.2. The standard InChI is InChI=1S/C14H10BrNO3/c15-10-2-1-9-3-5-16(12(9)7-10)8-13-11(14(17)18)4-6-19-13/h1-7H,8H2,(H,17,18). The van der Waals surface area contributed by atoms with Crippen molar-refractivity contribution in [3.8, 4) is 0 Å². The fourth-order valence-electron chi connectivity index (χ4n) is 2.10. The molecule has 3 aromatic rings. The van der Waals surface area contributed by atoms with Crippen molar-refractivity contribution in [3.63, 3.8) is 0 Å². The van der Waals surface area contributed by atoms with Crippen molar-refractivity contribution in [2.24, 2.45) is 0 Å². The monoisotopic (exact) mass is 319 g/mol. The maximum atomic E-state index is 11.1. The summed E-state index contributed by atoms with van der Waals surface area (Å²) in [5, 5.41) is 10.2. The van der Waals surface area contributed by atoms with Gasteiger partial charge in [0.15, 0.2) is 0 Å². The molecule has 0 unspecified atom stereocenters. The highest BCUT2D eigenvalue weighted by Gasteiger charge is 2.14. The molecule has 5 heteroatoms. The highest BCUT2D eigenvalue weighted by atomic mass is 79.9. The van der Waals surface area contributed by atoms with Crippen LogP contribution in [-0.4, -0.2) is 15.6 Å². The molecule has 1 N–H and O–H groups in total. The van der Waals surface area contributed by atoms with Gasteiger partial charge in [-0.05, 0) is 29.7 Å². The summed E-state index contributed by atoms with van der Waals surface area (Å²) >= 11 is 3.44. The molecule has 0 spiro atoms. The lowest BCUT2D eigenvalue weighted by molar-refractivity contribution is 0.0694. The Hall–Kier alpha value is -2.01. The molecular weight excluding hydrogens is 310 g/mol. The van der Waals surface area contributed by atoms with Crippen LogP contribution in [0.4, 0.5) is 0 Å². The first-order valence-electron chi connectivity index (χ1n) is 5.69. The van der Waals surface area contributed by atoms with Gasteiger partial charge in [0.25, 0.3) is 0 Å². The van der Waals surface area contributed by atoms with Gasteiger partial charge in [-0.25, -0.2) is 4.79 Å². The predicted octanol–water partition coefficient (Wildman–Crippen LogP) is 3.74. The lowest BCUT2D eigenvalue weighted by Crippen LogP contribution is -2.03. The maximum Gasteiger partial charge on any atom is 0.339 e. The number of benzene rings is 1. The van der Waals surface area contributed by atoms with Crippen LogP contribution < -0.4 is 0 Å². The minimum absolute atomic E-state index is 0.205. The summed E-state index contributed by atoms with van der Waals surface area (Å²) in [6.45, 7) is 0.397. The number of hydrogen-bond donors (Lipinski definition) is 1. The predicted molar refractivity (Wildman–Crippen MR) is 74.4 cm³/mol. The molecule has 0 aliphatic carbocycles. The molecule has 0 amide bonds. The first-order chi connectivity index (χ1) is 9.15. The molecule has 0 saturated heterocycles. The molecule has 0 atom stereocenters. The summed E-state index contributed by atoms with van der Waals surface area (Å²) in [6.07, 6.45) is 3.33. The van der Waals surface area contributed by atoms with E-state index >= 15 is 0 Å². The molecular formula is C14H10BrNO3. The van der Waals surface area contributed by atoms with Gasteiger partial charge in [-0.3, -0.25) is 0 Å². The number of aromatic carboxylic acids is 1. The van der Waals surface area contributed by atoms with E-state index in [-0.39, 0.29) is 5.56 Å². The number of aromatic nitrogens is 1. The number of halogens is 1. The molecule has 0 radical (unpaired) electrons. The summed E-state index contributed by atoms with van der Waals surface area (Å²) in [7, 11) is 0. The molecule has 0 saturated carbocycles. The van der Waals surface area contributed by atoms with Crippen molar-refractivity contribution in [1.29, 1.82) is 0 Å². The third-order valence-corrected chi connectivity index (χ3v) is 3.52. The smallest absolute Gasteiger partial charge is 0.339 e. The van der Waals surface area contributed by atoms with Crippen LogP contribution in [0.15, 0.2) is 51.7 Å².